The van der Waals surface area contributed by atoms with E-state index in [0.717, 1.165) is 49.1 Å². The normalized spacial score (nSPS) is 18.3. The van der Waals surface area contributed by atoms with Gasteiger partial charge in [0.05, 0.1) is 11.2 Å². The fourth-order valence-electron chi connectivity index (χ4n) is 2.70. The molecule has 1 aliphatic rings. The standard InChI is InChI=1S/C13H19N5OS/c1-2-6-9-10(20-18-16-9)11-15-12(17-19-11)13(14)7-4-3-5-8-13/h2-8,14H2,1H3. The van der Waals surface area contributed by atoms with Gasteiger partial charge in [-0.3, -0.25) is 0 Å². The molecule has 0 unspecified atom stereocenters. The summed E-state index contributed by atoms with van der Waals surface area (Å²) >= 11 is 1.30. The highest BCUT2D eigenvalue weighted by Crippen LogP contribution is 2.34. The molecule has 2 N–H and O–H groups in total. The Bertz CT molecular complexity index is 573. The Morgan fingerprint density at radius 1 is 1.30 bits per heavy atom. The molecule has 1 fully saturated rings. The second kappa shape index (κ2) is 5.57. The van der Waals surface area contributed by atoms with Crippen molar-refractivity contribution in [3.8, 4) is 10.8 Å². The molecule has 20 heavy (non-hydrogen) atoms. The van der Waals surface area contributed by atoms with Gasteiger partial charge in [-0.05, 0) is 30.8 Å². The number of aromatic nitrogens is 4. The van der Waals surface area contributed by atoms with Crippen molar-refractivity contribution in [2.45, 2.75) is 57.4 Å². The number of nitrogens with two attached hydrogens (primary N) is 1. The number of rotatable bonds is 4. The van der Waals surface area contributed by atoms with E-state index in [1.54, 1.807) is 0 Å². The van der Waals surface area contributed by atoms with Crippen molar-refractivity contribution in [1.29, 1.82) is 0 Å². The molecule has 0 amide bonds. The Balaban J connectivity index is 1.88. The van der Waals surface area contributed by atoms with Gasteiger partial charge in [-0.25, -0.2) is 0 Å². The first-order chi connectivity index (χ1) is 9.73. The molecule has 108 valence electrons. The maximum absolute atomic E-state index is 6.43. The first-order valence-corrected chi connectivity index (χ1v) is 7.95. The van der Waals surface area contributed by atoms with Crippen molar-refractivity contribution >= 4 is 11.5 Å². The predicted molar refractivity (Wildman–Crippen MR) is 76.1 cm³/mol. The highest BCUT2D eigenvalue weighted by atomic mass is 32.1. The number of hydrogen-bond acceptors (Lipinski definition) is 7. The quantitative estimate of drug-likeness (QED) is 0.932. The molecular formula is C13H19N5OS. The summed E-state index contributed by atoms with van der Waals surface area (Å²) in [4.78, 5) is 5.40. The molecular weight excluding hydrogens is 274 g/mol. The molecule has 2 aromatic rings. The highest BCUT2D eigenvalue weighted by Gasteiger charge is 2.34. The summed E-state index contributed by atoms with van der Waals surface area (Å²) in [5.41, 5.74) is 6.94. The lowest BCUT2D eigenvalue weighted by atomic mass is 9.82. The van der Waals surface area contributed by atoms with Crippen molar-refractivity contribution < 1.29 is 4.52 Å². The lowest BCUT2D eigenvalue weighted by Crippen LogP contribution is -2.39. The Morgan fingerprint density at radius 2 is 2.10 bits per heavy atom. The van der Waals surface area contributed by atoms with Crippen LogP contribution in [0.5, 0.6) is 0 Å². The van der Waals surface area contributed by atoms with Crippen LogP contribution in [0.25, 0.3) is 10.8 Å². The second-order valence-corrected chi connectivity index (χ2v) is 6.19. The smallest absolute Gasteiger partial charge is 0.271 e. The predicted octanol–water partition coefficient (Wildman–Crippen LogP) is 2.66. The average Bonchev–Trinajstić information content (AvgIpc) is 3.08. The van der Waals surface area contributed by atoms with E-state index in [1.807, 2.05) is 0 Å². The number of aryl methyl sites for hydroxylation is 1. The molecule has 2 aromatic heterocycles. The summed E-state index contributed by atoms with van der Waals surface area (Å²) in [6.45, 7) is 2.11. The van der Waals surface area contributed by atoms with Gasteiger partial charge in [-0.1, -0.05) is 42.3 Å². The molecule has 0 atom stereocenters. The van der Waals surface area contributed by atoms with Crippen LogP contribution in [0.4, 0.5) is 0 Å². The zero-order valence-corrected chi connectivity index (χ0v) is 12.4. The van der Waals surface area contributed by atoms with Crippen molar-refractivity contribution in [3.05, 3.63) is 11.5 Å². The van der Waals surface area contributed by atoms with E-state index in [-0.39, 0.29) is 0 Å². The molecule has 6 nitrogen and oxygen atoms in total. The van der Waals surface area contributed by atoms with Crippen LogP contribution in [0.3, 0.4) is 0 Å². The van der Waals surface area contributed by atoms with Gasteiger partial charge in [0.15, 0.2) is 5.82 Å². The number of nitrogens with zero attached hydrogens (tertiary/aromatic N) is 4. The molecule has 7 heteroatoms. The summed E-state index contributed by atoms with van der Waals surface area (Å²) in [5.74, 6) is 1.14. The van der Waals surface area contributed by atoms with Crippen LogP contribution < -0.4 is 5.73 Å². The van der Waals surface area contributed by atoms with Gasteiger partial charge in [0, 0.05) is 0 Å². The highest BCUT2D eigenvalue weighted by molar-refractivity contribution is 7.09. The monoisotopic (exact) mass is 293 g/mol. The Hall–Kier alpha value is -1.34. The fourth-order valence-corrected chi connectivity index (χ4v) is 3.33. The van der Waals surface area contributed by atoms with E-state index in [1.165, 1.54) is 18.0 Å². The van der Waals surface area contributed by atoms with Gasteiger partial charge in [0.1, 0.15) is 4.88 Å². The Morgan fingerprint density at radius 3 is 2.85 bits per heavy atom. The zero-order valence-electron chi connectivity index (χ0n) is 11.6. The van der Waals surface area contributed by atoms with Crippen LogP contribution in [0.2, 0.25) is 0 Å². The van der Waals surface area contributed by atoms with Crippen molar-refractivity contribution in [2.75, 3.05) is 0 Å². The lowest BCUT2D eigenvalue weighted by Gasteiger charge is -2.29. The minimum atomic E-state index is -0.428. The van der Waals surface area contributed by atoms with Crippen LogP contribution >= 0.6 is 11.5 Å². The fraction of sp³-hybridized carbons (Fsp3) is 0.692. The Kier molecular flexibility index (Phi) is 3.80. The van der Waals surface area contributed by atoms with Crippen LogP contribution in [-0.2, 0) is 12.0 Å². The van der Waals surface area contributed by atoms with E-state index in [0.29, 0.717) is 11.7 Å². The minimum absolute atomic E-state index is 0.428. The maximum Gasteiger partial charge on any atom is 0.271 e. The van der Waals surface area contributed by atoms with Crippen LogP contribution in [0.1, 0.15) is 57.0 Å². The van der Waals surface area contributed by atoms with Crippen molar-refractivity contribution in [2.24, 2.45) is 5.73 Å². The van der Waals surface area contributed by atoms with Gasteiger partial charge < -0.3 is 10.3 Å². The summed E-state index contributed by atoms with van der Waals surface area (Å²) in [7, 11) is 0. The van der Waals surface area contributed by atoms with Gasteiger partial charge in [-0.15, -0.1) is 5.10 Å². The molecule has 0 aliphatic heterocycles. The third-order valence-corrected chi connectivity index (χ3v) is 4.61. The Labute approximate surface area is 121 Å². The third-order valence-electron chi connectivity index (χ3n) is 3.85. The summed E-state index contributed by atoms with van der Waals surface area (Å²) in [6, 6.07) is 0. The third kappa shape index (κ3) is 2.47. The summed E-state index contributed by atoms with van der Waals surface area (Å²) in [5, 5.41) is 8.24. The van der Waals surface area contributed by atoms with E-state index < -0.39 is 5.54 Å². The maximum atomic E-state index is 6.43. The molecule has 0 bridgehead atoms. The van der Waals surface area contributed by atoms with E-state index in [9.17, 15) is 0 Å². The summed E-state index contributed by atoms with van der Waals surface area (Å²) in [6.07, 6.45) is 7.23. The second-order valence-electron chi connectivity index (χ2n) is 5.44. The first kappa shape index (κ1) is 13.6. The lowest BCUT2D eigenvalue weighted by molar-refractivity contribution is 0.275. The van der Waals surface area contributed by atoms with E-state index in [4.69, 9.17) is 10.3 Å². The molecule has 3 rings (SSSR count). The largest absolute Gasteiger partial charge is 0.333 e. The van der Waals surface area contributed by atoms with E-state index >= 15 is 0 Å². The molecule has 0 radical (unpaired) electrons. The summed E-state index contributed by atoms with van der Waals surface area (Å²) < 4.78 is 9.39. The minimum Gasteiger partial charge on any atom is -0.333 e. The molecule has 1 saturated carbocycles. The van der Waals surface area contributed by atoms with Crippen LogP contribution in [0, 0.1) is 0 Å². The van der Waals surface area contributed by atoms with Crippen molar-refractivity contribution in [3.63, 3.8) is 0 Å². The number of hydrogen-bond donors (Lipinski definition) is 1. The van der Waals surface area contributed by atoms with Gasteiger partial charge in [0.2, 0.25) is 0 Å². The van der Waals surface area contributed by atoms with Gasteiger partial charge >= 0.3 is 0 Å². The van der Waals surface area contributed by atoms with Gasteiger partial charge in [-0.2, -0.15) is 4.98 Å². The average molecular weight is 293 g/mol. The topological polar surface area (TPSA) is 90.7 Å². The molecule has 1 aliphatic carbocycles. The van der Waals surface area contributed by atoms with Crippen LogP contribution in [-0.4, -0.2) is 19.7 Å². The molecule has 0 spiro atoms. The zero-order chi connectivity index (χ0) is 14.0. The van der Waals surface area contributed by atoms with Crippen LogP contribution in [0.15, 0.2) is 4.52 Å². The first-order valence-electron chi connectivity index (χ1n) is 7.17. The molecule has 0 aromatic carbocycles. The molecule has 0 saturated heterocycles. The SMILES string of the molecule is CCCc1nnsc1-c1nc(C2(N)CCCCC2)no1. The molecule has 2 heterocycles. The van der Waals surface area contributed by atoms with Crippen molar-refractivity contribution in [1.82, 2.24) is 19.7 Å². The van der Waals surface area contributed by atoms with E-state index in [2.05, 4.69) is 26.7 Å². The van der Waals surface area contributed by atoms with Gasteiger partial charge in [0.25, 0.3) is 5.89 Å².